The second kappa shape index (κ2) is 7.15. The summed E-state index contributed by atoms with van der Waals surface area (Å²) in [4.78, 5) is 25.0. The van der Waals surface area contributed by atoms with Crippen LogP contribution in [0.5, 0.6) is 0 Å². The first kappa shape index (κ1) is 19.9. The van der Waals surface area contributed by atoms with Crippen molar-refractivity contribution in [1.29, 1.82) is 0 Å². The summed E-state index contributed by atoms with van der Waals surface area (Å²) in [5.74, 6) is -0.846. The molecule has 150 valence electrons. The average Bonchev–Trinajstić information content (AvgIpc) is 3.44. The van der Waals surface area contributed by atoms with Gasteiger partial charge in [-0.15, -0.1) is 0 Å². The van der Waals surface area contributed by atoms with Crippen LogP contribution in [-0.4, -0.2) is 17.4 Å². The lowest BCUT2D eigenvalue weighted by Crippen LogP contribution is -2.52. The monoisotopic (exact) mass is 432 g/mol. The van der Waals surface area contributed by atoms with Crippen molar-refractivity contribution in [3.8, 4) is 0 Å². The van der Waals surface area contributed by atoms with Gasteiger partial charge in [-0.25, -0.2) is 4.39 Å². The van der Waals surface area contributed by atoms with E-state index in [0.717, 1.165) is 18.5 Å². The molecule has 0 heterocycles. The van der Waals surface area contributed by atoms with Gasteiger partial charge in [-0.1, -0.05) is 36.2 Å². The van der Waals surface area contributed by atoms with Crippen molar-refractivity contribution in [2.75, 3.05) is 0 Å². The van der Waals surface area contributed by atoms with E-state index in [1.165, 1.54) is 30.3 Å². The fourth-order valence-corrected chi connectivity index (χ4v) is 4.15. The van der Waals surface area contributed by atoms with Crippen molar-refractivity contribution in [2.24, 2.45) is 5.41 Å². The predicted molar refractivity (Wildman–Crippen MR) is 111 cm³/mol. The summed E-state index contributed by atoms with van der Waals surface area (Å²) in [6.45, 7) is 2.07. The smallest absolute Gasteiger partial charge is 0.255 e. The van der Waals surface area contributed by atoms with E-state index in [4.69, 9.17) is 23.2 Å². The van der Waals surface area contributed by atoms with Crippen LogP contribution in [0.3, 0.4) is 0 Å². The van der Waals surface area contributed by atoms with Gasteiger partial charge in [0, 0.05) is 27.8 Å². The van der Waals surface area contributed by atoms with Crippen molar-refractivity contribution in [3.05, 3.63) is 81.2 Å². The molecule has 29 heavy (non-hydrogen) atoms. The van der Waals surface area contributed by atoms with Crippen LogP contribution in [0.25, 0.3) is 0 Å². The minimum Gasteiger partial charge on any atom is -0.346 e. The Labute approximate surface area is 178 Å². The van der Waals surface area contributed by atoms with E-state index >= 15 is 0 Å². The number of nitrogens with one attached hydrogen (secondary N) is 2. The van der Waals surface area contributed by atoms with Gasteiger partial charge in [0.25, 0.3) is 11.8 Å². The molecule has 0 radical (unpaired) electrons. The van der Waals surface area contributed by atoms with Gasteiger partial charge >= 0.3 is 0 Å². The number of hydrogen-bond donors (Lipinski definition) is 2. The number of carbonyl (C=O) groups is 2. The molecule has 2 N–H and O–H groups in total. The number of benzene rings is 2. The normalized spacial score (nSPS) is 21.6. The van der Waals surface area contributed by atoms with E-state index in [1.54, 1.807) is 12.1 Å². The standard InChI is InChI=1S/C22H19Cl2FN2O2/c1-21(22(8-9-22)27-20(29)13-2-5-15(25)6-3-13)11-16(12-21)26-19(28)14-4-7-17(23)18(24)10-14/h2-7,10-11H,8-9,12H2,1H3,(H,26,28)(H,27,29). The maximum absolute atomic E-state index is 13.1. The summed E-state index contributed by atoms with van der Waals surface area (Å²) in [7, 11) is 0. The number of allylic oxidation sites excluding steroid dienone is 1. The molecule has 0 saturated heterocycles. The molecule has 2 aromatic carbocycles. The summed E-state index contributed by atoms with van der Waals surface area (Å²) < 4.78 is 13.1. The fraction of sp³-hybridized carbons (Fsp3) is 0.273. The molecule has 4 nitrogen and oxygen atoms in total. The topological polar surface area (TPSA) is 58.2 Å². The minimum atomic E-state index is -0.376. The van der Waals surface area contributed by atoms with E-state index in [0.29, 0.717) is 27.6 Å². The summed E-state index contributed by atoms with van der Waals surface area (Å²) in [6.07, 6.45) is 4.37. The second-order valence-corrected chi connectivity index (χ2v) is 8.70. The minimum absolute atomic E-state index is 0.217. The molecule has 2 aromatic rings. The summed E-state index contributed by atoms with van der Waals surface area (Å²) in [5, 5.41) is 6.73. The highest BCUT2D eigenvalue weighted by atomic mass is 35.5. The van der Waals surface area contributed by atoms with Gasteiger partial charge in [0.15, 0.2) is 0 Å². The van der Waals surface area contributed by atoms with E-state index < -0.39 is 0 Å². The highest BCUT2D eigenvalue weighted by Gasteiger charge is 2.59. The third-order valence-electron chi connectivity index (χ3n) is 5.81. The molecular weight excluding hydrogens is 414 g/mol. The second-order valence-electron chi connectivity index (χ2n) is 7.89. The van der Waals surface area contributed by atoms with E-state index in [2.05, 4.69) is 17.6 Å². The van der Waals surface area contributed by atoms with Gasteiger partial charge in [0.05, 0.1) is 10.0 Å². The maximum atomic E-state index is 13.1. The quantitative estimate of drug-likeness (QED) is 0.688. The highest BCUT2D eigenvalue weighted by molar-refractivity contribution is 6.42. The van der Waals surface area contributed by atoms with E-state index in [9.17, 15) is 14.0 Å². The van der Waals surface area contributed by atoms with Crippen LogP contribution in [0.1, 0.15) is 46.9 Å². The number of rotatable bonds is 5. The number of carbonyl (C=O) groups excluding carboxylic acids is 2. The number of amides is 2. The van der Waals surface area contributed by atoms with E-state index in [-0.39, 0.29) is 28.6 Å². The molecule has 1 fully saturated rings. The first-order chi connectivity index (χ1) is 13.7. The summed E-state index contributed by atoms with van der Waals surface area (Å²) >= 11 is 11.9. The Morgan fingerprint density at radius 3 is 2.17 bits per heavy atom. The zero-order chi connectivity index (χ0) is 20.8. The molecule has 0 spiro atoms. The highest BCUT2D eigenvalue weighted by Crippen LogP contribution is 2.58. The SMILES string of the molecule is CC1(C2(NC(=O)c3ccc(F)cc3)CC2)C=C(NC(=O)c2ccc(Cl)c(Cl)c2)C1. The van der Waals surface area contributed by atoms with Gasteiger partial charge in [-0.2, -0.15) is 0 Å². The predicted octanol–water partition coefficient (Wildman–Crippen LogP) is 5.12. The van der Waals surface area contributed by atoms with Gasteiger partial charge in [0.1, 0.15) is 5.82 Å². The largest absolute Gasteiger partial charge is 0.346 e. The Bertz CT molecular complexity index is 1030. The first-order valence-corrected chi connectivity index (χ1v) is 10.0. The molecule has 1 atom stereocenters. The van der Waals surface area contributed by atoms with Gasteiger partial charge in [-0.05, 0) is 61.7 Å². The van der Waals surface area contributed by atoms with Crippen LogP contribution in [-0.2, 0) is 0 Å². The number of hydrogen-bond acceptors (Lipinski definition) is 2. The zero-order valence-electron chi connectivity index (χ0n) is 15.7. The first-order valence-electron chi connectivity index (χ1n) is 9.28. The van der Waals surface area contributed by atoms with Gasteiger partial charge in [0.2, 0.25) is 0 Å². The van der Waals surface area contributed by atoms with Crippen molar-refractivity contribution >= 4 is 35.0 Å². The Morgan fingerprint density at radius 2 is 1.59 bits per heavy atom. The number of halogens is 3. The van der Waals surface area contributed by atoms with Crippen molar-refractivity contribution in [1.82, 2.24) is 10.6 Å². The summed E-state index contributed by atoms with van der Waals surface area (Å²) in [5.41, 5.74) is 1.09. The Kier molecular flexibility index (Phi) is 4.91. The molecule has 1 unspecified atom stereocenters. The molecule has 2 aliphatic rings. The average molecular weight is 433 g/mol. The van der Waals surface area contributed by atoms with Crippen LogP contribution >= 0.6 is 23.2 Å². The lowest BCUT2D eigenvalue weighted by molar-refractivity contribution is 0.0868. The van der Waals surface area contributed by atoms with Gasteiger partial charge < -0.3 is 10.6 Å². The van der Waals surface area contributed by atoms with Crippen molar-refractivity contribution < 1.29 is 14.0 Å². The molecule has 4 rings (SSSR count). The van der Waals surface area contributed by atoms with Crippen molar-refractivity contribution in [3.63, 3.8) is 0 Å². The molecule has 2 amide bonds. The molecule has 7 heteroatoms. The molecule has 1 saturated carbocycles. The van der Waals surface area contributed by atoms with Crippen LogP contribution < -0.4 is 10.6 Å². The third-order valence-corrected chi connectivity index (χ3v) is 6.55. The molecule has 2 aliphatic carbocycles. The lowest BCUT2D eigenvalue weighted by Gasteiger charge is -2.44. The van der Waals surface area contributed by atoms with Crippen molar-refractivity contribution in [2.45, 2.75) is 31.7 Å². The lowest BCUT2D eigenvalue weighted by atomic mass is 9.68. The fourth-order valence-electron chi connectivity index (χ4n) is 3.85. The Morgan fingerprint density at radius 1 is 0.966 bits per heavy atom. The van der Waals surface area contributed by atoms with Gasteiger partial charge in [-0.3, -0.25) is 9.59 Å². The van der Waals surface area contributed by atoms with Crippen LogP contribution in [0, 0.1) is 11.2 Å². The molecule has 0 aliphatic heterocycles. The molecular formula is C22H19Cl2FN2O2. The Balaban J connectivity index is 1.42. The molecule has 0 bridgehead atoms. The van der Waals surface area contributed by atoms with Crippen LogP contribution in [0.2, 0.25) is 10.0 Å². The molecule has 0 aromatic heterocycles. The van der Waals surface area contributed by atoms with Crippen LogP contribution in [0.4, 0.5) is 4.39 Å². The van der Waals surface area contributed by atoms with E-state index in [1.807, 2.05) is 6.08 Å². The Hall–Kier alpha value is -2.37. The van der Waals surface area contributed by atoms with Crippen LogP contribution in [0.15, 0.2) is 54.2 Å². The third kappa shape index (κ3) is 3.77. The zero-order valence-corrected chi connectivity index (χ0v) is 17.2. The summed E-state index contributed by atoms with van der Waals surface area (Å²) in [6, 6.07) is 10.2. The maximum Gasteiger partial charge on any atom is 0.255 e.